The number of rotatable bonds is 6. The van der Waals surface area contributed by atoms with Crippen LogP contribution in [0.25, 0.3) is 86.3 Å². The summed E-state index contributed by atoms with van der Waals surface area (Å²) >= 11 is 1.85. The maximum absolute atomic E-state index is 7.15. The second-order valence-corrected chi connectivity index (χ2v) is 15.1. The maximum Gasteiger partial charge on any atom is 0.159 e. The normalized spacial score (nSPS) is 11.6. The molecule has 0 bridgehead atoms. The van der Waals surface area contributed by atoms with E-state index in [1.54, 1.807) is 0 Å². The van der Waals surface area contributed by atoms with E-state index in [1.165, 1.54) is 53.2 Å². The van der Waals surface area contributed by atoms with Crippen LogP contribution in [0.5, 0.6) is 0 Å². The summed E-state index contributed by atoms with van der Waals surface area (Å²) in [5.41, 5.74) is 11.9. The third-order valence-corrected chi connectivity index (χ3v) is 12.1. The van der Waals surface area contributed by atoms with Crippen LogP contribution in [0.15, 0.2) is 205 Å². The van der Waals surface area contributed by atoms with Crippen LogP contribution in [0.4, 0.5) is 17.1 Å². The zero-order valence-corrected chi connectivity index (χ0v) is 30.6. The zero-order chi connectivity index (χ0) is 36.3. The van der Waals surface area contributed by atoms with Gasteiger partial charge < -0.3 is 9.32 Å². The fraction of sp³-hybridized carbons (Fsp3) is 0. The minimum absolute atomic E-state index is 0.858. The number of para-hydroxylation sites is 1. The van der Waals surface area contributed by atoms with Gasteiger partial charge in [0.1, 0.15) is 5.58 Å². The number of hydrogen-bond donors (Lipinski definition) is 0. The number of benzene rings is 9. The highest BCUT2D eigenvalue weighted by Crippen LogP contribution is 2.51. The number of furan rings is 1. The van der Waals surface area contributed by atoms with Crippen molar-refractivity contribution >= 4 is 81.3 Å². The Morgan fingerprint density at radius 1 is 0.364 bits per heavy atom. The summed E-state index contributed by atoms with van der Waals surface area (Å²) in [6.07, 6.45) is 0. The highest BCUT2D eigenvalue weighted by atomic mass is 32.1. The number of hydrogen-bond acceptors (Lipinski definition) is 3. The standard InChI is InChI=1S/C52H33NOS/c1-4-16-34(17-5-1)37-30-31-45(44(32-37)36-20-8-3-9-21-36)53(47-28-14-25-41-39-23-12-13-29-49(39)55-52(41)47)46-27-15-26-42-50-40-24-11-10-22-38(40)43(33-48(50)54-51(42)46)35-18-6-2-7-19-35/h1-33H. The summed E-state index contributed by atoms with van der Waals surface area (Å²) < 4.78 is 9.66. The van der Waals surface area contributed by atoms with Crippen molar-refractivity contribution < 1.29 is 4.42 Å². The summed E-state index contributed by atoms with van der Waals surface area (Å²) in [4.78, 5) is 2.44. The van der Waals surface area contributed by atoms with Crippen molar-refractivity contribution in [2.24, 2.45) is 0 Å². The molecule has 11 rings (SSSR count). The Bertz CT molecular complexity index is 3200. The molecule has 0 amide bonds. The molecule has 0 spiro atoms. The monoisotopic (exact) mass is 719 g/mol. The predicted molar refractivity (Wildman–Crippen MR) is 235 cm³/mol. The first-order valence-electron chi connectivity index (χ1n) is 18.7. The molecule has 0 saturated heterocycles. The molecule has 0 fully saturated rings. The first-order chi connectivity index (χ1) is 27.3. The summed E-state index contributed by atoms with van der Waals surface area (Å²) in [5, 5.41) is 7.15. The highest BCUT2D eigenvalue weighted by Gasteiger charge is 2.26. The number of nitrogens with zero attached hydrogens (tertiary/aromatic N) is 1. The zero-order valence-electron chi connectivity index (χ0n) is 29.8. The van der Waals surface area contributed by atoms with E-state index in [0.29, 0.717) is 0 Å². The molecule has 3 heteroatoms. The van der Waals surface area contributed by atoms with Crippen LogP contribution in [0.2, 0.25) is 0 Å². The minimum Gasteiger partial charge on any atom is -0.454 e. The van der Waals surface area contributed by atoms with Gasteiger partial charge in [-0.25, -0.2) is 0 Å². The summed E-state index contributed by atoms with van der Waals surface area (Å²) in [6.45, 7) is 0. The molecule has 0 radical (unpaired) electrons. The molecule has 0 aliphatic rings. The molecule has 0 atom stereocenters. The summed E-state index contributed by atoms with van der Waals surface area (Å²) in [5.74, 6) is 0. The molecule has 258 valence electrons. The lowest BCUT2D eigenvalue weighted by Crippen LogP contribution is -2.12. The van der Waals surface area contributed by atoms with Crippen LogP contribution in [-0.4, -0.2) is 0 Å². The molecule has 0 unspecified atom stereocenters. The average Bonchev–Trinajstić information content (AvgIpc) is 3.84. The van der Waals surface area contributed by atoms with Gasteiger partial charge in [0.05, 0.1) is 21.8 Å². The summed E-state index contributed by atoms with van der Waals surface area (Å²) in [7, 11) is 0. The highest BCUT2D eigenvalue weighted by molar-refractivity contribution is 7.26. The van der Waals surface area contributed by atoms with Crippen LogP contribution >= 0.6 is 11.3 Å². The van der Waals surface area contributed by atoms with Gasteiger partial charge in [-0.3, -0.25) is 0 Å². The van der Waals surface area contributed by atoms with Gasteiger partial charge in [0.15, 0.2) is 5.58 Å². The van der Waals surface area contributed by atoms with Crippen molar-refractivity contribution in [3.05, 3.63) is 200 Å². The molecule has 9 aromatic carbocycles. The van der Waals surface area contributed by atoms with Crippen molar-refractivity contribution in [3.63, 3.8) is 0 Å². The van der Waals surface area contributed by atoms with Gasteiger partial charge in [-0.05, 0) is 75.0 Å². The lowest BCUT2D eigenvalue weighted by molar-refractivity contribution is 0.669. The molecule has 2 aromatic heterocycles. The topological polar surface area (TPSA) is 16.4 Å². The second-order valence-electron chi connectivity index (χ2n) is 14.0. The third-order valence-electron chi connectivity index (χ3n) is 10.9. The lowest BCUT2D eigenvalue weighted by atomic mass is 9.94. The Balaban J connectivity index is 1.24. The molecular formula is C52H33NOS. The molecule has 2 heterocycles. The van der Waals surface area contributed by atoms with Crippen molar-refractivity contribution in [2.75, 3.05) is 4.90 Å². The van der Waals surface area contributed by atoms with Crippen LogP contribution < -0.4 is 4.90 Å². The van der Waals surface area contributed by atoms with Gasteiger partial charge >= 0.3 is 0 Å². The first-order valence-corrected chi connectivity index (χ1v) is 19.5. The fourth-order valence-corrected chi connectivity index (χ4v) is 9.57. The SMILES string of the molecule is c1ccc(-c2ccc(N(c3cccc4c3oc3cc(-c5ccccc5)c5ccccc5c34)c3cccc4c3sc3ccccc34)c(-c3ccccc3)c2)cc1. The van der Waals surface area contributed by atoms with Gasteiger partial charge in [-0.15, -0.1) is 11.3 Å². The van der Waals surface area contributed by atoms with Crippen molar-refractivity contribution in [1.29, 1.82) is 0 Å². The minimum atomic E-state index is 0.858. The second kappa shape index (κ2) is 12.9. The quantitative estimate of drug-likeness (QED) is 0.170. The predicted octanol–water partition coefficient (Wildman–Crippen LogP) is 15.6. The van der Waals surface area contributed by atoms with Gasteiger partial charge in [-0.2, -0.15) is 0 Å². The van der Waals surface area contributed by atoms with Crippen LogP contribution in [0.1, 0.15) is 0 Å². The molecule has 0 aliphatic heterocycles. The van der Waals surface area contributed by atoms with Gasteiger partial charge in [-0.1, -0.05) is 164 Å². The van der Waals surface area contributed by atoms with Gasteiger partial charge in [0.2, 0.25) is 0 Å². The maximum atomic E-state index is 7.15. The van der Waals surface area contributed by atoms with Crippen LogP contribution in [0, 0.1) is 0 Å². The molecular weight excluding hydrogens is 687 g/mol. The lowest BCUT2D eigenvalue weighted by Gasteiger charge is -2.29. The van der Waals surface area contributed by atoms with E-state index in [1.807, 2.05) is 11.3 Å². The smallest absolute Gasteiger partial charge is 0.159 e. The Kier molecular flexibility index (Phi) is 7.39. The number of anilines is 3. The number of fused-ring (bicyclic) bond motifs is 8. The van der Waals surface area contributed by atoms with E-state index in [4.69, 9.17) is 4.42 Å². The van der Waals surface area contributed by atoms with Crippen LogP contribution in [0.3, 0.4) is 0 Å². The van der Waals surface area contributed by atoms with Crippen molar-refractivity contribution in [2.45, 2.75) is 0 Å². The van der Waals surface area contributed by atoms with Crippen molar-refractivity contribution in [1.82, 2.24) is 0 Å². The van der Waals surface area contributed by atoms with E-state index in [0.717, 1.165) is 50.1 Å². The first kappa shape index (κ1) is 31.6. The Hall–Kier alpha value is -6.94. The van der Waals surface area contributed by atoms with E-state index in [9.17, 15) is 0 Å². The van der Waals surface area contributed by atoms with Crippen molar-refractivity contribution in [3.8, 4) is 33.4 Å². The molecule has 0 aliphatic carbocycles. The van der Waals surface area contributed by atoms with E-state index >= 15 is 0 Å². The van der Waals surface area contributed by atoms with Gasteiger partial charge in [0, 0.05) is 31.8 Å². The molecule has 0 saturated carbocycles. The van der Waals surface area contributed by atoms with E-state index < -0.39 is 0 Å². The van der Waals surface area contributed by atoms with E-state index in [2.05, 4.69) is 205 Å². The Morgan fingerprint density at radius 2 is 0.945 bits per heavy atom. The average molecular weight is 720 g/mol. The Labute approximate surface area is 322 Å². The molecule has 0 N–H and O–H groups in total. The molecule has 2 nitrogen and oxygen atoms in total. The number of thiophene rings is 1. The van der Waals surface area contributed by atoms with Gasteiger partial charge in [0.25, 0.3) is 0 Å². The van der Waals surface area contributed by atoms with E-state index in [-0.39, 0.29) is 0 Å². The molecule has 11 aromatic rings. The summed E-state index contributed by atoms with van der Waals surface area (Å²) in [6, 6.07) is 72.0. The fourth-order valence-electron chi connectivity index (χ4n) is 8.37. The Morgan fingerprint density at radius 3 is 1.69 bits per heavy atom. The third kappa shape index (κ3) is 5.16. The molecule has 55 heavy (non-hydrogen) atoms. The van der Waals surface area contributed by atoms with Crippen LogP contribution in [-0.2, 0) is 0 Å². The largest absolute Gasteiger partial charge is 0.454 e.